The van der Waals surface area contributed by atoms with Gasteiger partial charge in [0.1, 0.15) is 5.54 Å². The monoisotopic (exact) mass is 295 g/mol. The molecule has 1 aromatic carbocycles. The zero-order chi connectivity index (χ0) is 14.6. The summed E-state index contributed by atoms with van der Waals surface area (Å²) >= 11 is 6.02. The van der Waals surface area contributed by atoms with E-state index < -0.39 is 5.54 Å². The van der Waals surface area contributed by atoms with Gasteiger partial charge in [-0.15, -0.1) is 0 Å². The van der Waals surface area contributed by atoms with E-state index in [0.29, 0.717) is 17.5 Å². The third kappa shape index (κ3) is 3.26. The summed E-state index contributed by atoms with van der Waals surface area (Å²) in [6, 6.07) is 7.50. The van der Waals surface area contributed by atoms with E-state index in [0.717, 1.165) is 31.4 Å². The molecule has 2 rings (SSSR count). The average Bonchev–Trinajstić information content (AvgIpc) is 2.84. The maximum Gasteiger partial charge on any atom is 0.331 e. The van der Waals surface area contributed by atoms with Crippen molar-refractivity contribution in [1.29, 1.82) is 0 Å². The quantitative estimate of drug-likeness (QED) is 0.825. The standard InChI is InChI=1S/C16H22ClNO2/c1-3-12-8-9-16(11-12,15(19)20-4-2)18-14-7-5-6-13(17)10-14/h5-7,10,12,18H,3-4,8-9,11H2,1-2H3. The molecule has 0 spiro atoms. The van der Waals surface area contributed by atoms with Crippen molar-refractivity contribution in [1.82, 2.24) is 0 Å². The lowest BCUT2D eigenvalue weighted by molar-refractivity contribution is -0.148. The van der Waals surface area contributed by atoms with Gasteiger partial charge in [0, 0.05) is 10.7 Å². The Morgan fingerprint density at radius 1 is 1.50 bits per heavy atom. The number of carbonyl (C=O) groups is 1. The summed E-state index contributed by atoms with van der Waals surface area (Å²) in [5.74, 6) is 0.432. The van der Waals surface area contributed by atoms with Crippen molar-refractivity contribution in [2.24, 2.45) is 5.92 Å². The second kappa shape index (κ2) is 6.49. The first-order valence-electron chi connectivity index (χ1n) is 7.30. The maximum atomic E-state index is 12.4. The summed E-state index contributed by atoms with van der Waals surface area (Å²) in [6.45, 7) is 4.43. The van der Waals surface area contributed by atoms with E-state index in [9.17, 15) is 4.79 Å². The van der Waals surface area contributed by atoms with Gasteiger partial charge in [0.2, 0.25) is 0 Å². The lowest BCUT2D eigenvalue weighted by atomic mass is 9.94. The van der Waals surface area contributed by atoms with Crippen molar-refractivity contribution < 1.29 is 9.53 Å². The number of esters is 1. The molecule has 0 amide bonds. The van der Waals surface area contributed by atoms with Crippen LogP contribution in [0.4, 0.5) is 5.69 Å². The fraction of sp³-hybridized carbons (Fsp3) is 0.562. The molecule has 1 aromatic rings. The van der Waals surface area contributed by atoms with Gasteiger partial charge in [-0.05, 0) is 50.3 Å². The Bertz CT molecular complexity index is 477. The van der Waals surface area contributed by atoms with Gasteiger partial charge < -0.3 is 10.1 Å². The molecule has 20 heavy (non-hydrogen) atoms. The first kappa shape index (κ1) is 15.2. The van der Waals surface area contributed by atoms with E-state index in [1.54, 1.807) is 0 Å². The topological polar surface area (TPSA) is 38.3 Å². The summed E-state index contributed by atoms with van der Waals surface area (Å²) in [4.78, 5) is 12.4. The smallest absolute Gasteiger partial charge is 0.331 e. The van der Waals surface area contributed by atoms with E-state index in [-0.39, 0.29) is 5.97 Å². The van der Waals surface area contributed by atoms with Crippen molar-refractivity contribution >= 4 is 23.3 Å². The molecule has 1 aliphatic carbocycles. The zero-order valence-corrected chi connectivity index (χ0v) is 12.9. The number of hydrogen-bond acceptors (Lipinski definition) is 3. The molecular weight excluding hydrogens is 274 g/mol. The van der Waals surface area contributed by atoms with Gasteiger partial charge in [-0.2, -0.15) is 0 Å². The number of benzene rings is 1. The number of hydrogen-bond donors (Lipinski definition) is 1. The molecule has 0 heterocycles. The average molecular weight is 296 g/mol. The molecule has 2 unspecified atom stereocenters. The Hall–Kier alpha value is -1.22. The highest BCUT2D eigenvalue weighted by Crippen LogP contribution is 2.40. The SMILES string of the molecule is CCOC(=O)C1(Nc2cccc(Cl)c2)CCC(CC)C1. The fourth-order valence-corrected chi connectivity index (χ4v) is 3.15. The summed E-state index contributed by atoms with van der Waals surface area (Å²) in [5, 5.41) is 4.05. The number of anilines is 1. The molecule has 1 N–H and O–H groups in total. The number of rotatable bonds is 5. The number of carbonyl (C=O) groups excluding carboxylic acids is 1. The minimum absolute atomic E-state index is 0.143. The van der Waals surface area contributed by atoms with Crippen LogP contribution in [0.1, 0.15) is 39.5 Å². The highest BCUT2D eigenvalue weighted by molar-refractivity contribution is 6.30. The molecule has 1 saturated carbocycles. The molecule has 0 bridgehead atoms. The second-order valence-electron chi connectivity index (χ2n) is 5.45. The van der Waals surface area contributed by atoms with Gasteiger partial charge >= 0.3 is 5.97 Å². The number of ether oxygens (including phenoxy) is 1. The van der Waals surface area contributed by atoms with Gasteiger partial charge in [0.15, 0.2) is 0 Å². The molecule has 3 nitrogen and oxygen atoms in total. The molecular formula is C16H22ClNO2. The highest BCUT2D eigenvalue weighted by Gasteiger charge is 2.46. The first-order valence-corrected chi connectivity index (χ1v) is 7.68. The fourth-order valence-electron chi connectivity index (χ4n) is 2.96. The van der Waals surface area contributed by atoms with Gasteiger partial charge in [0.05, 0.1) is 6.61 Å². The molecule has 0 aromatic heterocycles. The minimum atomic E-state index is -0.596. The van der Waals surface area contributed by atoms with Crippen molar-refractivity contribution in [3.63, 3.8) is 0 Å². The third-order valence-corrected chi connectivity index (χ3v) is 4.30. The molecule has 1 aliphatic rings. The second-order valence-corrected chi connectivity index (χ2v) is 5.89. The van der Waals surface area contributed by atoms with Crippen LogP contribution in [0.5, 0.6) is 0 Å². The van der Waals surface area contributed by atoms with E-state index in [4.69, 9.17) is 16.3 Å². The van der Waals surface area contributed by atoms with Crippen molar-refractivity contribution in [2.45, 2.75) is 45.1 Å². The van der Waals surface area contributed by atoms with Crippen LogP contribution in [0.25, 0.3) is 0 Å². The lowest BCUT2D eigenvalue weighted by Gasteiger charge is -2.29. The van der Waals surface area contributed by atoms with Crippen LogP contribution in [0, 0.1) is 5.92 Å². The molecule has 2 atom stereocenters. The molecule has 0 saturated heterocycles. The largest absolute Gasteiger partial charge is 0.464 e. The Kier molecular flexibility index (Phi) is 4.92. The Labute approximate surface area is 125 Å². The van der Waals surface area contributed by atoms with Crippen molar-refractivity contribution in [3.05, 3.63) is 29.3 Å². The van der Waals surface area contributed by atoms with Gasteiger partial charge in [-0.25, -0.2) is 4.79 Å². The summed E-state index contributed by atoms with van der Waals surface area (Å²) in [5.41, 5.74) is 0.281. The summed E-state index contributed by atoms with van der Waals surface area (Å²) in [7, 11) is 0. The zero-order valence-electron chi connectivity index (χ0n) is 12.1. The van der Waals surface area contributed by atoms with Crippen LogP contribution >= 0.6 is 11.6 Å². The van der Waals surface area contributed by atoms with E-state index >= 15 is 0 Å². The maximum absolute atomic E-state index is 12.4. The first-order chi connectivity index (χ1) is 9.59. The van der Waals surface area contributed by atoms with E-state index in [1.807, 2.05) is 31.2 Å². The van der Waals surface area contributed by atoms with Gasteiger partial charge in [0.25, 0.3) is 0 Å². The van der Waals surface area contributed by atoms with Crippen LogP contribution in [-0.4, -0.2) is 18.1 Å². The van der Waals surface area contributed by atoms with E-state index in [2.05, 4.69) is 12.2 Å². The Balaban J connectivity index is 2.21. The third-order valence-electron chi connectivity index (χ3n) is 4.07. The van der Waals surface area contributed by atoms with Crippen molar-refractivity contribution in [2.75, 3.05) is 11.9 Å². The molecule has 0 aliphatic heterocycles. The highest BCUT2D eigenvalue weighted by atomic mass is 35.5. The van der Waals surface area contributed by atoms with Gasteiger partial charge in [-0.3, -0.25) is 0 Å². The van der Waals surface area contributed by atoms with Crippen LogP contribution in [0.2, 0.25) is 5.02 Å². The molecule has 0 radical (unpaired) electrons. The van der Waals surface area contributed by atoms with Crippen LogP contribution in [-0.2, 0) is 9.53 Å². The minimum Gasteiger partial charge on any atom is -0.464 e. The van der Waals surface area contributed by atoms with E-state index in [1.165, 1.54) is 0 Å². The Morgan fingerprint density at radius 3 is 2.90 bits per heavy atom. The van der Waals surface area contributed by atoms with Crippen LogP contribution in [0.3, 0.4) is 0 Å². The van der Waals surface area contributed by atoms with Crippen molar-refractivity contribution in [3.8, 4) is 0 Å². The Morgan fingerprint density at radius 2 is 2.30 bits per heavy atom. The normalized spacial score (nSPS) is 25.4. The molecule has 1 fully saturated rings. The summed E-state index contributed by atoms with van der Waals surface area (Å²) < 4.78 is 5.29. The van der Waals surface area contributed by atoms with Crippen LogP contribution < -0.4 is 5.32 Å². The lowest BCUT2D eigenvalue weighted by Crippen LogP contribution is -2.45. The number of nitrogens with one attached hydrogen (secondary N) is 1. The predicted octanol–water partition coefficient (Wildman–Crippen LogP) is 4.26. The van der Waals surface area contributed by atoms with Gasteiger partial charge in [-0.1, -0.05) is 31.0 Å². The molecule has 4 heteroatoms. The summed E-state index contributed by atoms with van der Waals surface area (Å²) in [6.07, 6.45) is 3.80. The predicted molar refractivity (Wildman–Crippen MR) is 82.1 cm³/mol. The number of halogens is 1. The van der Waals surface area contributed by atoms with Crippen LogP contribution in [0.15, 0.2) is 24.3 Å². The molecule has 110 valence electrons.